The summed E-state index contributed by atoms with van der Waals surface area (Å²) in [5, 5.41) is 8.03. The van der Waals surface area contributed by atoms with E-state index in [0.717, 1.165) is 16.7 Å². The molecule has 3 rings (SSSR count). The van der Waals surface area contributed by atoms with E-state index < -0.39 is 0 Å². The van der Waals surface area contributed by atoms with Crippen LogP contribution in [0.2, 0.25) is 4.34 Å². The van der Waals surface area contributed by atoms with Gasteiger partial charge in [-0.05, 0) is 47.4 Å². The predicted molar refractivity (Wildman–Crippen MR) is 114 cm³/mol. The highest BCUT2D eigenvalue weighted by atomic mass is 35.5. The van der Waals surface area contributed by atoms with Crippen LogP contribution >= 0.6 is 22.9 Å². The van der Waals surface area contributed by atoms with Crippen molar-refractivity contribution < 1.29 is 9.18 Å². The van der Waals surface area contributed by atoms with Crippen LogP contribution in [0.25, 0.3) is 11.1 Å². The summed E-state index contributed by atoms with van der Waals surface area (Å²) >= 11 is 7.12. The lowest BCUT2D eigenvalue weighted by Gasteiger charge is -2.14. The van der Waals surface area contributed by atoms with E-state index >= 15 is 0 Å². The average Bonchev–Trinajstić information content (AvgIpc) is 3.13. The normalized spacial score (nSPS) is 10.7. The molecule has 2 aromatic carbocycles. The Morgan fingerprint density at radius 1 is 1.07 bits per heavy atom. The van der Waals surface area contributed by atoms with Gasteiger partial charge in [-0.3, -0.25) is 10.2 Å². The third-order valence-corrected chi connectivity index (χ3v) is 5.73. The number of Topliss-reactive ketones (excluding diaryl/α,β-unsaturated/α-hetero) is 1. The lowest BCUT2D eigenvalue weighted by atomic mass is 9.98. The van der Waals surface area contributed by atoms with Crippen molar-refractivity contribution in [3.05, 3.63) is 80.8 Å². The molecule has 1 heterocycles. The summed E-state index contributed by atoms with van der Waals surface area (Å²) in [7, 11) is 3.65. The minimum atomic E-state index is -0.313. The van der Waals surface area contributed by atoms with Gasteiger partial charge in [0.2, 0.25) is 0 Å². The molecule has 0 fully saturated rings. The summed E-state index contributed by atoms with van der Waals surface area (Å²) in [5.41, 5.74) is 3.15. The number of ketones is 1. The van der Waals surface area contributed by atoms with Crippen molar-refractivity contribution in [3.8, 4) is 11.1 Å². The zero-order chi connectivity index (χ0) is 20.3. The Labute approximate surface area is 172 Å². The summed E-state index contributed by atoms with van der Waals surface area (Å²) in [6.45, 7) is 0. The number of aryl methyl sites for hydroxylation is 1. The Morgan fingerprint density at radius 2 is 1.75 bits per heavy atom. The van der Waals surface area contributed by atoms with E-state index in [9.17, 15) is 9.18 Å². The quantitative estimate of drug-likeness (QED) is 0.309. The fraction of sp³-hybridized carbons (Fsp3) is 0.182. The smallest absolute Gasteiger partial charge is 0.173 e. The molecular weight excluding hydrogens is 395 g/mol. The number of hydrogen-bond donors (Lipinski definition) is 1. The Hall–Kier alpha value is -2.50. The first-order chi connectivity index (χ1) is 13.3. The van der Waals surface area contributed by atoms with E-state index in [1.54, 1.807) is 29.2 Å². The summed E-state index contributed by atoms with van der Waals surface area (Å²) < 4.78 is 14.8. The van der Waals surface area contributed by atoms with Gasteiger partial charge in [-0.1, -0.05) is 41.9 Å². The highest BCUT2D eigenvalue weighted by Gasteiger charge is 2.12. The van der Waals surface area contributed by atoms with Crippen molar-refractivity contribution in [1.29, 1.82) is 5.41 Å². The zero-order valence-corrected chi connectivity index (χ0v) is 17.2. The minimum Gasteiger partial charge on any atom is -0.363 e. The van der Waals surface area contributed by atoms with E-state index in [4.69, 9.17) is 17.0 Å². The van der Waals surface area contributed by atoms with E-state index in [2.05, 4.69) is 0 Å². The largest absolute Gasteiger partial charge is 0.363 e. The molecule has 0 aliphatic rings. The maximum absolute atomic E-state index is 14.2. The van der Waals surface area contributed by atoms with E-state index in [-0.39, 0.29) is 18.0 Å². The lowest BCUT2D eigenvalue weighted by molar-refractivity contribution is 0.0986. The number of halogens is 2. The molecular formula is C22H20ClFN2OS. The molecule has 0 radical (unpaired) electrons. The molecule has 0 unspecified atom stereocenters. The van der Waals surface area contributed by atoms with Crippen LogP contribution in [-0.4, -0.2) is 30.6 Å². The first kappa shape index (κ1) is 20.2. The first-order valence-corrected chi connectivity index (χ1v) is 9.98. The van der Waals surface area contributed by atoms with Gasteiger partial charge in [0.25, 0.3) is 0 Å². The summed E-state index contributed by atoms with van der Waals surface area (Å²) in [6.07, 6.45) is 0.563. The number of amidine groups is 1. The fourth-order valence-corrected chi connectivity index (χ4v) is 3.87. The average molecular weight is 415 g/mol. The number of carbonyl (C=O) groups is 1. The summed E-state index contributed by atoms with van der Waals surface area (Å²) in [4.78, 5) is 14.6. The Kier molecular flexibility index (Phi) is 6.27. The highest BCUT2D eigenvalue weighted by Crippen LogP contribution is 2.26. The van der Waals surface area contributed by atoms with Crippen LogP contribution in [0.5, 0.6) is 0 Å². The van der Waals surface area contributed by atoms with Gasteiger partial charge >= 0.3 is 0 Å². The SMILES string of the molecule is CN(C)C(=N)c1ccc(-c2ccc(F)c(CCC(=O)c3ccc(Cl)s3)c2)cc1. The minimum absolute atomic E-state index is 0.0340. The monoisotopic (exact) mass is 414 g/mol. The number of nitrogens with zero attached hydrogens (tertiary/aromatic N) is 1. The van der Waals surface area contributed by atoms with Crippen molar-refractivity contribution in [2.24, 2.45) is 0 Å². The van der Waals surface area contributed by atoms with Crippen molar-refractivity contribution in [1.82, 2.24) is 4.90 Å². The molecule has 0 aliphatic heterocycles. The fourth-order valence-electron chi connectivity index (χ4n) is 2.86. The number of nitrogens with one attached hydrogen (secondary N) is 1. The van der Waals surface area contributed by atoms with Gasteiger partial charge < -0.3 is 4.90 Å². The van der Waals surface area contributed by atoms with Gasteiger partial charge in [-0.25, -0.2) is 4.39 Å². The molecule has 1 aromatic heterocycles. The van der Waals surface area contributed by atoms with Gasteiger partial charge in [0, 0.05) is 26.1 Å². The summed E-state index contributed by atoms with van der Waals surface area (Å²) in [6, 6.07) is 16.0. The van der Waals surface area contributed by atoms with Crippen LogP contribution < -0.4 is 0 Å². The van der Waals surface area contributed by atoms with Gasteiger partial charge in [0.15, 0.2) is 5.78 Å². The number of rotatable bonds is 6. The molecule has 28 heavy (non-hydrogen) atoms. The van der Waals surface area contributed by atoms with Crippen molar-refractivity contribution in [3.63, 3.8) is 0 Å². The van der Waals surface area contributed by atoms with Crippen LogP contribution in [-0.2, 0) is 6.42 Å². The molecule has 0 atom stereocenters. The van der Waals surface area contributed by atoms with Gasteiger partial charge in [-0.2, -0.15) is 0 Å². The highest BCUT2D eigenvalue weighted by molar-refractivity contribution is 7.18. The van der Waals surface area contributed by atoms with E-state index in [0.29, 0.717) is 27.0 Å². The van der Waals surface area contributed by atoms with Gasteiger partial charge in [-0.15, -0.1) is 11.3 Å². The number of hydrogen-bond acceptors (Lipinski definition) is 3. The van der Waals surface area contributed by atoms with Crippen molar-refractivity contribution in [2.75, 3.05) is 14.1 Å². The zero-order valence-electron chi connectivity index (χ0n) is 15.6. The Morgan fingerprint density at radius 3 is 2.36 bits per heavy atom. The lowest BCUT2D eigenvalue weighted by Crippen LogP contribution is -2.21. The Bertz CT molecular complexity index is 1010. The van der Waals surface area contributed by atoms with Crippen molar-refractivity contribution >= 4 is 34.6 Å². The predicted octanol–water partition coefficient (Wildman–Crippen LogP) is 5.91. The molecule has 1 N–H and O–H groups in total. The van der Waals surface area contributed by atoms with Gasteiger partial charge in [0.1, 0.15) is 11.7 Å². The first-order valence-electron chi connectivity index (χ1n) is 8.79. The topological polar surface area (TPSA) is 44.2 Å². The second-order valence-electron chi connectivity index (χ2n) is 6.65. The third-order valence-electron chi connectivity index (χ3n) is 4.45. The van der Waals surface area contributed by atoms with Crippen LogP contribution in [0.15, 0.2) is 54.6 Å². The molecule has 0 bridgehead atoms. The molecule has 3 nitrogen and oxygen atoms in total. The Balaban J connectivity index is 1.75. The van der Waals surface area contributed by atoms with Crippen LogP contribution in [0.3, 0.4) is 0 Å². The molecule has 6 heteroatoms. The van der Waals surface area contributed by atoms with Crippen LogP contribution in [0.4, 0.5) is 4.39 Å². The number of carbonyl (C=O) groups excluding carboxylic acids is 1. The van der Waals surface area contributed by atoms with Crippen molar-refractivity contribution in [2.45, 2.75) is 12.8 Å². The number of thiophene rings is 1. The molecule has 0 amide bonds. The summed E-state index contributed by atoms with van der Waals surface area (Å²) in [5.74, 6) is 0.0820. The van der Waals surface area contributed by atoms with Crippen LogP contribution in [0, 0.1) is 11.2 Å². The van der Waals surface area contributed by atoms with Crippen LogP contribution in [0.1, 0.15) is 27.2 Å². The molecule has 0 spiro atoms. The van der Waals surface area contributed by atoms with E-state index in [1.807, 2.05) is 38.4 Å². The molecule has 144 valence electrons. The van der Waals surface area contributed by atoms with E-state index in [1.165, 1.54) is 17.4 Å². The standard InChI is InChI=1S/C22H20ClFN2OS/c1-26(2)22(25)15-5-3-14(4-6-15)16-7-9-18(24)17(13-16)8-10-19(27)20-11-12-21(23)28-20/h3-7,9,11-13,25H,8,10H2,1-2H3. The second kappa shape index (κ2) is 8.67. The molecule has 0 aliphatic carbocycles. The molecule has 0 saturated heterocycles. The molecule has 0 saturated carbocycles. The second-order valence-corrected chi connectivity index (χ2v) is 8.37. The maximum Gasteiger partial charge on any atom is 0.173 e. The van der Waals surface area contributed by atoms with Gasteiger partial charge in [0.05, 0.1) is 9.21 Å². The third kappa shape index (κ3) is 4.66. The molecule has 3 aromatic rings. The maximum atomic E-state index is 14.2. The number of benzene rings is 2.